The molecule has 11 nitrogen and oxygen atoms in total. The van der Waals surface area contributed by atoms with Crippen LogP contribution in [0.2, 0.25) is 0 Å². The number of nitrogens with zero attached hydrogens (tertiary/aromatic N) is 3. The molecule has 0 bridgehead atoms. The molecule has 0 radical (unpaired) electrons. The molecular formula is C11H9N7O4S. The maximum Gasteiger partial charge on any atom is 0.314 e. The van der Waals surface area contributed by atoms with Gasteiger partial charge in [-0.05, 0) is 19.1 Å². The molecule has 0 fully saturated rings. The Morgan fingerprint density at radius 1 is 1.35 bits per heavy atom. The van der Waals surface area contributed by atoms with Gasteiger partial charge in [-0.1, -0.05) is 0 Å². The zero-order valence-corrected chi connectivity index (χ0v) is 12.4. The lowest BCUT2D eigenvalue weighted by Crippen LogP contribution is -2.29. The fraction of sp³-hybridized carbons (Fsp3) is 0.0909. The lowest BCUT2D eigenvalue weighted by molar-refractivity contribution is -0.385. The molecule has 2 heterocycles. The van der Waals surface area contributed by atoms with E-state index in [-0.39, 0.29) is 38.4 Å². The van der Waals surface area contributed by atoms with Gasteiger partial charge in [-0.15, -0.1) is 0 Å². The maximum absolute atomic E-state index is 11.6. The first-order valence-corrected chi connectivity index (χ1v) is 6.59. The summed E-state index contributed by atoms with van der Waals surface area (Å²) in [6.45, 7) is 1.48. The van der Waals surface area contributed by atoms with E-state index in [4.69, 9.17) is 18.1 Å². The molecule has 0 aliphatic heterocycles. The van der Waals surface area contributed by atoms with Crippen molar-refractivity contribution in [3.63, 3.8) is 0 Å². The van der Waals surface area contributed by atoms with Crippen LogP contribution in [0.25, 0.3) is 22.4 Å². The highest BCUT2D eigenvalue weighted by atomic mass is 32.1. The average molecular weight is 335 g/mol. The molecule has 3 rings (SSSR count). The van der Waals surface area contributed by atoms with Crippen LogP contribution in [0.15, 0.2) is 15.7 Å². The van der Waals surface area contributed by atoms with Gasteiger partial charge in [-0.25, -0.2) is 9.77 Å². The van der Waals surface area contributed by atoms with Crippen molar-refractivity contribution in [1.29, 1.82) is 0 Å². The van der Waals surface area contributed by atoms with Gasteiger partial charge in [-0.2, -0.15) is 5.10 Å². The Kier molecular flexibility index (Phi) is 3.11. The SMILES string of the molecule is Cc1c([N+](=O)[O-])cc2[nH]c(=O)c(=O)[nH]c2c1-c1n[nH]c(=S)n1N. The minimum absolute atomic E-state index is 0.0795. The van der Waals surface area contributed by atoms with Gasteiger partial charge in [0.15, 0.2) is 5.82 Å². The number of fused-ring (bicyclic) bond motifs is 1. The monoisotopic (exact) mass is 335 g/mol. The number of nitrogens with two attached hydrogens (primary N) is 1. The molecule has 2 aromatic heterocycles. The van der Waals surface area contributed by atoms with Crippen LogP contribution in [0.1, 0.15) is 5.56 Å². The average Bonchev–Trinajstić information content (AvgIpc) is 2.80. The van der Waals surface area contributed by atoms with Crippen molar-refractivity contribution < 1.29 is 4.92 Å². The van der Waals surface area contributed by atoms with Gasteiger partial charge < -0.3 is 15.8 Å². The first-order valence-electron chi connectivity index (χ1n) is 6.18. The Morgan fingerprint density at radius 2 is 2.00 bits per heavy atom. The van der Waals surface area contributed by atoms with Crippen molar-refractivity contribution in [2.24, 2.45) is 0 Å². The highest BCUT2D eigenvalue weighted by molar-refractivity contribution is 7.71. The zero-order valence-electron chi connectivity index (χ0n) is 11.5. The standard InChI is InChI=1S/C11H9N7O4S/c1-3-5(18(21)22)2-4-7(14-10(20)9(19)13-4)6(3)8-15-16-11(23)17(8)12/h2H,12H2,1H3,(H,13,19)(H,14,20)(H,16,23). The van der Waals surface area contributed by atoms with E-state index in [0.29, 0.717) is 0 Å². The zero-order chi connectivity index (χ0) is 16.9. The summed E-state index contributed by atoms with van der Waals surface area (Å²) in [5.74, 6) is 5.86. The number of nitrogens with one attached hydrogen (secondary N) is 3. The van der Waals surface area contributed by atoms with E-state index in [1.54, 1.807) is 0 Å². The fourth-order valence-electron chi connectivity index (χ4n) is 2.30. The van der Waals surface area contributed by atoms with Crippen LogP contribution in [0.3, 0.4) is 0 Å². The Hall–Kier alpha value is -3.28. The first kappa shape index (κ1) is 14.6. The van der Waals surface area contributed by atoms with Gasteiger partial charge >= 0.3 is 11.1 Å². The summed E-state index contributed by atoms with van der Waals surface area (Å²) in [6, 6.07) is 1.16. The molecule has 5 N–H and O–H groups in total. The van der Waals surface area contributed by atoms with E-state index in [0.717, 1.165) is 10.7 Å². The molecule has 0 saturated heterocycles. The summed E-state index contributed by atoms with van der Waals surface area (Å²) in [7, 11) is 0. The van der Waals surface area contributed by atoms with E-state index in [9.17, 15) is 19.7 Å². The van der Waals surface area contributed by atoms with Crippen molar-refractivity contribution >= 4 is 28.9 Å². The van der Waals surface area contributed by atoms with E-state index in [2.05, 4.69) is 20.2 Å². The quantitative estimate of drug-likeness (QED) is 0.169. The topological polar surface area (TPSA) is 168 Å². The summed E-state index contributed by atoms with van der Waals surface area (Å²) >= 11 is 4.93. The number of benzene rings is 1. The lowest BCUT2D eigenvalue weighted by atomic mass is 10.0. The Labute approximate surface area is 130 Å². The van der Waals surface area contributed by atoms with Crippen molar-refractivity contribution in [1.82, 2.24) is 24.8 Å². The predicted molar refractivity (Wildman–Crippen MR) is 83.1 cm³/mol. The van der Waals surface area contributed by atoms with Crippen LogP contribution in [-0.4, -0.2) is 29.8 Å². The van der Waals surface area contributed by atoms with Crippen LogP contribution in [0.4, 0.5) is 5.69 Å². The second-order valence-electron chi connectivity index (χ2n) is 4.71. The fourth-order valence-corrected chi connectivity index (χ4v) is 2.43. The molecule has 23 heavy (non-hydrogen) atoms. The first-order chi connectivity index (χ1) is 10.8. The second-order valence-corrected chi connectivity index (χ2v) is 5.09. The number of aromatic amines is 3. The number of nitro benzene ring substituents is 1. The Balaban J connectivity index is 2.59. The van der Waals surface area contributed by atoms with Gasteiger partial charge in [-0.3, -0.25) is 19.7 Å². The largest absolute Gasteiger partial charge is 0.335 e. The van der Waals surface area contributed by atoms with Gasteiger partial charge in [0.05, 0.1) is 21.5 Å². The van der Waals surface area contributed by atoms with E-state index in [1.807, 2.05) is 0 Å². The molecule has 0 unspecified atom stereocenters. The summed E-state index contributed by atoms with van der Waals surface area (Å²) in [5, 5.41) is 17.6. The lowest BCUT2D eigenvalue weighted by Gasteiger charge is -2.09. The third-order valence-electron chi connectivity index (χ3n) is 3.38. The van der Waals surface area contributed by atoms with Crippen LogP contribution >= 0.6 is 12.2 Å². The number of hydrogen-bond donors (Lipinski definition) is 4. The van der Waals surface area contributed by atoms with Crippen molar-refractivity contribution in [2.45, 2.75) is 6.92 Å². The number of nitrogen functional groups attached to an aromatic ring is 1. The molecular weight excluding hydrogens is 326 g/mol. The Morgan fingerprint density at radius 3 is 2.57 bits per heavy atom. The summed E-state index contributed by atoms with van der Waals surface area (Å²) in [4.78, 5) is 38.4. The molecule has 0 amide bonds. The molecule has 0 aliphatic carbocycles. The highest BCUT2D eigenvalue weighted by Crippen LogP contribution is 2.33. The van der Waals surface area contributed by atoms with E-state index >= 15 is 0 Å². The van der Waals surface area contributed by atoms with Gasteiger partial charge in [0.2, 0.25) is 4.77 Å². The van der Waals surface area contributed by atoms with Crippen LogP contribution in [-0.2, 0) is 0 Å². The Bertz CT molecular complexity index is 1140. The minimum Gasteiger partial charge on any atom is -0.335 e. The van der Waals surface area contributed by atoms with Gasteiger partial charge in [0, 0.05) is 11.6 Å². The molecule has 0 atom stereocenters. The number of hydrogen-bond acceptors (Lipinski definition) is 7. The normalized spacial score (nSPS) is 11.0. The second kappa shape index (κ2) is 4.88. The molecule has 12 heteroatoms. The minimum atomic E-state index is -0.923. The predicted octanol–water partition coefficient (Wildman–Crippen LogP) is 0.0679. The summed E-state index contributed by atoms with van der Waals surface area (Å²) < 4.78 is 1.11. The van der Waals surface area contributed by atoms with Crippen LogP contribution < -0.4 is 17.0 Å². The molecule has 1 aromatic carbocycles. The van der Waals surface area contributed by atoms with Crippen LogP contribution in [0, 0.1) is 21.8 Å². The number of nitro groups is 1. The maximum atomic E-state index is 11.6. The third kappa shape index (κ3) is 2.12. The third-order valence-corrected chi connectivity index (χ3v) is 3.67. The molecule has 118 valence electrons. The molecule has 0 saturated carbocycles. The molecule has 0 spiro atoms. The number of aromatic nitrogens is 5. The van der Waals surface area contributed by atoms with Crippen LogP contribution in [0.5, 0.6) is 0 Å². The van der Waals surface area contributed by atoms with Gasteiger partial charge in [0.1, 0.15) is 0 Å². The van der Waals surface area contributed by atoms with E-state index in [1.165, 1.54) is 6.92 Å². The highest BCUT2D eigenvalue weighted by Gasteiger charge is 2.23. The van der Waals surface area contributed by atoms with Crippen molar-refractivity contribution in [3.05, 3.63) is 47.2 Å². The van der Waals surface area contributed by atoms with E-state index < -0.39 is 16.0 Å². The summed E-state index contributed by atoms with van der Waals surface area (Å²) in [5.41, 5.74) is -1.43. The molecule has 3 aromatic rings. The van der Waals surface area contributed by atoms with Crippen molar-refractivity contribution in [2.75, 3.05) is 5.84 Å². The number of rotatable bonds is 2. The van der Waals surface area contributed by atoms with Crippen molar-refractivity contribution in [3.8, 4) is 11.4 Å². The smallest absolute Gasteiger partial charge is 0.314 e. The molecule has 0 aliphatic rings. The summed E-state index contributed by atoms with van der Waals surface area (Å²) in [6.07, 6.45) is 0. The van der Waals surface area contributed by atoms with Gasteiger partial charge in [0.25, 0.3) is 5.69 Å². The number of H-pyrrole nitrogens is 3.